The maximum atomic E-state index is 14.9. The Bertz CT molecular complexity index is 995. The van der Waals surface area contributed by atoms with Gasteiger partial charge in [0.2, 0.25) is 5.75 Å². The molecule has 0 atom stereocenters. The molecule has 0 saturated carbocycles. The first-order chi connectivity index (χ1) is 13.4. The third-order valence-electron chi connectivity index (χ3n) is 4.65. The average molecular weight is 379 g/mol. The lowest BCUT2D eigenvalue weighted by molar-refractivity contribution is 0.320. The van der Waals surface area contributed by atoms with Gasteiger partial charge >= 0.3 is 0 Å². The second kappa shape index (κ2) is 8.34. The van der Waals surface area contributed by atoms with Crippen LogP contribution >= 0.6 is 0 Å². The average Bonchev–Trinajstić information content (AvgIpc) is 2.69. The molecule has 0 aliphatic rings. The highest BCUT2D eigenvalue weighted by Gasteiger charge is 2.20. The summed E-state index contributed by atoms with van der Waals surface area (Å²) in [6.45, 7) is 7.56. The van der Waals surface area contributed by atoms with Gasteiger partial charge in [-0.1, -0.05) is 32.0 Å². The van der Waals surface area contributed by atoms with Crippen molar-refractivity contribution in [2.75, 3.05) is 0 Å². The zero-order chi connectivity index (χ0) is 20.3. The molecule has 0 aromatic heterocycles. The van der Waals surface area contributed by atoms with Crippen molar-refractivity contribution in [3.8, 4) is 28.7 Å². The minimum atomic E-state index is -0.597. The summed E-state index contributed by atoms with van der Waals surface area (Å²) < 4.78 is 26.3. The summed E-state index contributed by atoms with van der Waals surface area (Å²) >= 11 is 0. The minimum absolute atomic E-state index is 0.0141. The summed E-state index contributed by atoms with van der Waals surface area (Å²) in [7, 11) is 0. The van der Waals surface area contributed by atoms with Crippen LogP contribution in [0.5, 0.6) is 28.7 Å². The van der Waals surface area contributed by atoms with Crippen LogP contribution in [-0.2, 0) is 17.9 Å². The van der Waals surface area contributed by atoms with Crippen molar-refractivity contribution in [3.63, 3.8) is 0 Å². The highest BCUT2D eigenvalue weighted by molar-refractivity contribution is 5.54. The largest absolute Gasteiger partial charge is 0.454 e. The molecule has 3 rings (SSSR count). The maximum absolute atomic E-state index is 14.9. The van der Waals surface area contributed by atoms with Crippen molar-refractivity contribution in [2.24, 2.45) is 0 Å². The van der Waals surface area contributed by atoms with Crippen molar-refractivity contribution in [3.05, 3.63) is 76.6 Å². The van der Waals surface area contributed by atoms with Crippen LogP contribution in [0.15, 0.2) is 48.5 Å². The van der Waals surface area contributed by atoms with Crippen LogP contribution in [0.25, 0.3) is 0 Å². The third-order valence-corrected chi connectivity index (χ3v) is 4.65. The molecule has 3 nitrogen and oxygen atoms in total. The molecule has 0 saturated heterocycles. The molecule has 28 heavy (non-hydrogen) atoms. The lowest BCUT2D eigenvalue weighted by Gasteiger charge is -2.15. The normalized spacial score (nSPS) is 10.8. The topological polar surface area (TPSA) is 38.4 Å². The molecule has 145 valence electrons. The predicted octanol–water partition coefficient (Wildman–Crippen LogP) is 7.30. The van der Waals surface area contributed by atoms with Crippen LogP contribution in [0, 0.1) is 19.7 Å². The Morgan fingerprint density at radius 1 is 0.857 bits per heavy atom. The first-order valence-corrected chi connectivity index (χ1v) is 9.46. The fraction of sp³-hybridized carbons (Fsp3) is 0.250. The van der Waals surface area contributed by atoms with Gasteiger partial charge in [-0.25, -0.2) is 4.39 Å². The third kappa shape index (κ3) is 4.28. The van der Waals surface area contributed by atoms with Crippen LogP contribution in [0.4, 0.5) is 4.39 Å². The fourth-order valence-electron chi connectivity index (χ4n) is 3.08. The fourth-order valence-corrected chi connectivity index (χ4v) is 3.08. The molecule has 3 aromatic carbocycles. The van der Waals surface area contributed by atoms with E-state index in [1.54, 1.807) is 6.07 Å². The molecule has 0 bridgehead atoms. The van der Waals surface area contributed by atoms with E-state index in [0.717, 1.165) is 35.6 Å². The Morgan fingerprint density at radius 2 is 1.57 bits per heavy atom. The van der Waals surface area contributed by atoms with Crippen molar-refractivity contribution in [2.45, 2.75) is 40.5 Å². The summed E-state index contributed by atoms with van der Waals surface area (Å²) in [6, 6.07) is 14.3. The molecule has 1 radical (unpaired) electrons. The van der Waals surface area contributed by atoms with E-state index in [9.17, 15) is 9.50 Å². The maximum Gasteiger partial charge on any atom is 0.225 e. The first-order valence-electron chi connectivity index (χ1n) is 9.46. The van der Waals surface area contributed by atoms with Gasteiger partial charge in [-0.15, -0.1) is 0 Å². The second-order valence-electron chi connectivity index (χ2n) is 6.85. The van der Waals surface area contributed by atoms with E-state index < -0.39 is 11.6 Å². The SMILES string of the molecule is CCc1cccc(Oc2cc([O])c(Oc3cc(C)cc(CC)c3)c(C)c2F)c1. The summed E-state index contributed by atoms with van der Waals surface area (Å²) in [6.07, 6.45) is 1.69. The molecule has 0 aliphatic heterocycles. The quantitative estimate of drug-likeness (QED) is 0.451. The van der Waals surface area contributed by atoms with Gasteiger partial charge in [0.25, 0.3) is 0 Å². The molecule has 0 spiro atoms. The highest BCUT2D eigenvalue weighted by atomic mass is 19.1. The van der Waals surface area contributed by atoms with Gasteiger partial charge in [0.15, 0.2) is 17.3 Å². The molecular formula is C24H24FO3. The number of hydrogen-bond donors (Lipinski definition) is 0. The molecule has 4 heteroatoms. The van der Waals surface area contributed by atoms with Gasteiger partial charge in [0, 0.05) is 11.6 Å². The summed E-state index contributed by atoms with van der Waals surface area (Å²) in [5.41, 5.74) is 3.32. The van der Waals surface area contributed by atoms with Crippen molar-refractivity contribution >= 4 is 0 Å². The van der Waals surface area contributed by atoms with Gasteiger partial charge in [-0.3, -0.25) is 5.11 Å². The van der Waals surface area contributed by atoms with Gasteiger partial charge in [-0.05, 0) is 67.6 Å². The number of benzene rings is 3. The monoisotopic (exact) mass is 379 g/mol. The number of halogens is 1. The number of rotatable bonds is 6. The van der Waals surface area contributed by atoms with Crippen LogP contribution in [0.3, 0.4) is 0 Å². The Balaban J connectivity index is 1.93. The predicted molar refractivity (Wildman–Crippen MR) is 108 cm³/mol. The van der Waals surface area contributed by atoms with Gasteiger partial charge < -0.3 is 9.47 Å². The van der Waals surface area contributed by atoms with Crippen LogP contribution in [0.2, 0.25) is 0 Å². The lowest BCUT2D eigenvalue weighted by atomic mass is 10.1. The van der Waals surface area contributed by atoms with E-state index in [4.69, 9.17) is 9.47 Å². The van der Waals surface area contributed by atoms with Gasteiger partial charge in [0.05, 0.1) is 0 Å². The first kappa shape index (κ1) is 19.7. The van der Waals surface area contributed by atoms with Crippen LogP contribution < -0.4 is 9.47 Å². The van der Waals surface area contributed by atoms with E-state index in [-0.39, 0.29) is 17.1 Å². The number of hydrogen-bond acceptors (Lipinski definition) is 2. The zero-order valence-electron chi connectivity index (χ0n) is 16.6. The van der Waals surface area contributed by atoms with Gasteiger partial charge in [0.1, 0.15) is 11.5 Å². The number of ether oxygens (including phenoxy) is 2. The Morgan fingerprint density at radius 3 is 2.29 bits per heavy atom. The van der Waals surface area contributed by atoms with E-state index in [2.05, 4.69) is 6.07 Å². The van der Waals surface area contributed by atoms with Crippen molar-refractivity contribution in [1.29, 1.82) is 0 Å². The zero-order valence-corrected chi connectivity index (χ0v) is 16.6. The molecular weight excluding hydrogens is 355 g/mol. The van der Waals surface area contributed by atoms with Gasteiger partial charge in [-0.2, -0.15) is 0 Å². The van der Waals surface area contributed by atoms with E-state index in [1.165, 1.54) is 6.92 Å². The molecule has 3 aromatic rings. The molecule has 0 fully saturated rings. The number of aryl methyl sites for hydroxylation is 3. The molecule has 0 unspecified atom stereocenters. The minimum Gasteiger partial charge on any atom is -0.454 e. The van der Waals surface area contributed by atoms with E-state index >= 15 is 0 Å². The van der Waals surface area contributed by atoms with Crippen molar-refractivity contribution in [1.82, 2.24) is 0 Å². The lowest BCUT2D eigenvalue weighted by Crippen LogP contribution is -1.97. The summed E-state index contributed by atoms with van der Waals surface area (Å²) in [4.78, 5) is 0. The Labute approximate surface area is 165 Å². The standard InChI is InChI=1S/C24H24FO3/c1-5-17-8-7-9-19(12-17)27-22-14-21(26)24(16(4)23(22)25)28-20-11-15(3)10-18(6-2)13-20/h7-14H,5-6H2,1-4H3. The van der Waals surface area contributed by atoms with E-state index in [1.807, 2.05) is 51.1 Å². The molecule has 0 amide bonds. The second-order valence-corrected chi connectivity index (χ2v) is 6.85. The van der Waals surface area contributed by atoms with Crippen LogP contribution in [-0.4, -0.2) is 0 Å². The molecule has 0 N–H and O–H groups in total. The Kier molecular flexibility index (Phi) is 5.88. The summed E-state index contributed by atoms with van der Waals surface area (Å²) in [5, 5.41) is 12.6. The van der Waals surface area contributed by atoms with Crippen molar-refractivity contribution < 1.29 is 19.0 Å². The molecule has 0 aliphatic carbocycles. The molecule has 0 heterocycles. The highest BCUT2D eigenvalue weighted by Crippen LogP contribution is 2.42. The smallest absolute Gasteiger partial charge is 0.225 e. The van der Waals surface area contributed by atoms with Crippen LogP contribution in [0.1, 0.15) is 36.1 Å². The summed E-state index contributed by atoms with van der Waals surface area (Å²) in [5.74, 6) is -0.0980. The van der Waals surface area contributed by atoms with E-state index in [0.29, 0.717) is 11.5 Å². The Hall–Kier alpha value is -3.01.